The number of carbonyl (C=O) groups excluding carboxylic acids is 1. The van der Waals surface area contributed by atoms with Gasteiger partial charge in [-0.15, -0.1) is 0 Å². The molecule has 1 rings (SSSR count). The molecule has 0 bridgehead atoms. The van der Waals surface area contributed by atoms with E-state index < -0.39 is 0 Å². The molecule has 2 atom stereocenters. The lowest BCUT2D eigenvalue weighted by Crippen LogP contribution is -2.31. The number of rotatable bonds is 8. The molecule has 4 heteroatoms. The van der Waals surface area contributed by atoms with Crippen LogP contribution in [-0.4, -0.2) is 29.8 Å². The summed E-state index contributed by atoms with van der Waals surface area (Å²) < 4.78 is 5.83. The zero-order valence-corrected chi connectivity index (χ0v) is 13.0. The molecule has 0 heterocycles. The van der Waals surface area contributed by atoms with Crippen LogP contribution in [0.4, 0.5) is 0 Å². The van der Waals surface area contributed by atoms with Crippen molar-refractivity contribution in [1.29, 1.82) is 0 Å². The lowest BCUT2D eigenvalue weighted by atomic mass is 10.1. The van der Waals surface area contributed by atoms with Gasteiger partial charge in [0, 0.05) is 24.3 Å². The van der Waals surface area contributed by atoms with E-state index in [2.05, 4.69) is 12.2 Å². The first kappa shape index (κ1) is 17.2. The summed E-state index contributed by atoms with van der Waals surface area (Å²) in [4.78, 5) is 11.8. The van der Waals surface area contributed by atoms with E-state index in [4.69, 9.17) is 9.84 Å². The monoisotopic (exact) mass is 291 g/mol. The zero-order valence-electron chi connectivity index (χ0n) is 13.0. The van der Waals surface area contributed by atoms with E-state index in [9.17, 15) is 4.79 Å². The molecule has 0 saturated carbocycles. The SMILES string of the molecule is CCC(C)Oc1ccccc1/C=C/C(=O)NC(C)CCO. The molecule has 1 amide bonds. The van der Waals surface area contributed by atoms with Crippen LogP contribution in [0.15, 0.2) is 30.3 Å². The molecular weight excluding hydrogens is 266 g/mol. The number of amides is 1. The average molecular weight is 291 g/mol. The van der Waals surface area contributed by atoms with Crippen LogP contribution in [0.3, 0.4) is 0 Å². The van der Waals surface area contributed by atoms with E-state index >= 15 is 0 Å². The van der Waals surface area contributed by atoms with Gasteiger partial charge in [0.25, 0.3) is 0 Å². The Morgan fingerprint density at radius 1 is 1.38 bits per heavy atom. The standard InChI is InChI=1S/C17H25NO3/c1-4-14(3)21-16-8-6-5-7-15(16)9-10-17(20)18-13(2)11-12-19/h5-10,13-14,19H,4,11-12H2,1-3H3,(H,18,20)/b10-9+. The Labute approximate surface area is 126 Å². The molecule has 116 valence electrons. The number of para-hydroxylation sites is 1. The fourth-order valence-corrected chi connectivity index (χ4v) is 1.75. The van der Waals surface area contributed by atoms with Crippen molar-refractivity contribution in [1.82, 2.24) is 5.32 Å². The molecule has 0 saturated heterocycles. The normalized spacial score (nSPS) is 13.9. The lowest BCUT2D eigenvalue weighted by Gasteiger charge is -2.14. The third-order valence-electron chi connectivity index (χ3n) is 3.19. The maximum atomic E-state index is 11.8. The summed E-state index contributed by atoms with van der Waals surface area (Å²) in [5, 5.41) is 11.6. The number of carbonyl (C=O) groups is 1. The van der Waals surface area contributed by atoms with Crippen molar-refractivity contribution < 1.29 is 14.6 Å². The number of hydrogen-bond acceptors (Lipinski definition) is 3. The molecule has 2 N–H and O–H groups in total. The zero-order chi connectivity index (χ0) is 15.7. The Morgan fingerprint density at radius 2 is 2.10 bits per heavy atom. The van der Waals surface area contributed by atoms with Crippen LogP contribution < -0.4 is 10.1 Å². The fourth-order valence-electron chi connectivity index (χ4n) is 1.75. The molecule has 0 spiro atoms. The molecule has 0 aliphatic carbocycles. The number of nitrogens with one attached hydrogen (secondary N) is 1. The molecule has 4 nitrogen and oxygen atoms in total. The average Bonchev–Trinajstić information content (AvgIpc) is 2.46. The van der Waals surface area contributed by atoms with Crippen molar-refractivity contribution >= 4 is 12.0 Å². The first-order valence-electron chi connectivity index (χ1n) is 7.42. The van der Waals surface area contributed by atoms with Gasteiger partial charge in [0.05, 0.1) is 6.10 Å². The van der Waals surface area contributed by atoms with Crippen molar-refractivity contribution in [2.45, 2.75) is 45.8 Å². The van der Waals surface area contributed by atoms with Gasteiger partial charge in [0.15, 0.2) is 0 Å². The largest absolute Gasteiger partial charge is 0.490 e. The third kappa shape index (κ3) is 6.45. The van der Waals surface area contributed by atoms with E-state index in [0.29, 0.717) is 6.42 Å². The van der Waals surface area contributed by atoms with Gasteiger partial charge in [-0.05, 0) is 38.8 Å². The second-order valence-electron chi connectivity index (χ2n) is 5.13. The Balaban J connectivity index is 2.69. The highest BCUT2D eigenvalue weighted by atomic mass is 16.5. The summed E-state index contributed by atoms with van der Waals surface area (Å²) in [6, 6.07) is 7.60. The van der Waals surface area contributed by atoms with Gasteiger partial charge < -0.3 is 15.2 Å². The number of aliphatic hydroxyl groups excluding tert-OH is 1. The van der Waals surface area contributed by atoms with Gasteiger partial charge in [-0.1, -0.05) is 25.1 Å². The third-order valence-corrected chi connectivity index (χ3v) is 3.19. The van der Waals surface area contributed by atoms with Gasteiger partial charge in [0.1, 0.15) is 5.75 Å². The van der Waals surface area contributed by atoms with Crippen molar-refractivity contribution in [2.75, 3.05) is 6.61 Å². The molecule has 0 aliphatic heterocycles. The Bertz CT molecular complexity index is 471. The number of aliphatic hydroxyl groups is 1. The van der Waals surface area contributed by atoms with Crippen LogP contribution >= 0.6 is 0 Å². The molecule has 21 heavy (non-hydrogen) atoms. The maximum absolute atomic E-state index is 11.8. The summed E-state index contributed by atoms with van der Waals surface area (Å²) in [7, 11) is 0. The number of benzene rings is 1. The van der Waals surface area contributed by atoms with Gasteiger partial charge >= 0.3 is 0 Å². The Hall–Kier alpha value is -1.81. The van der Waals surface area contributed by atoms with E-state index in [1.165, 1.54) is 6.08 Å². The van der Waals surface area contributed by atoms with E-state index in [0.717, 1.165) is 17.7 Å². The predicted molar refractivity (Wildman–Crippen MR) is 85.2 cm³/mol. The van der Waals surface area contributed by atoms with Crippen molar-refractivity contribution in [3.63, 3.8) is 0 Å². The first-order valence-corrected chi connectivity index (χ1v) is 7.42. The summed E-state index contributed by atoms with van der Waals surface area (Å²) in [6.45, 7) is 6.02. The number of hydrogen-bond donors (Lipinski definition) is 2. The molecule has 1 aromatic rings. The van der Waals surface area contributed by atoms with Gasteiger partial charge in [0.2, 0.25) is 5.91 Å². The summed E-state index contributed by atoms with van der Waals surface area (Å²) in [6.07, 6.45) is 4.86. The van der Waals surface area contributed by atoms with Crippen molar-refractivity contribution in [2.24, 2.45) is 0 Å². The topological polar surface area (TPSA) is 58.6 Å². The van der Waals surface area contributed by atoms with Crippen molar-refractivity contribution in [3.05, 3.63) is 35.9 Å². The minimum absolute atomic E-state index is 0.0428. The summed E-state index contributed by atoms with van der Waals surface area (Å²) in [5.74, 6) is 0.605. The molecular formula is C17H25NO3. The molecule has 2 unspecified atom stereocenters. The second kappa shape index (κ2) is 9.19. The van der Waals surface area contributed by atoms with Crippen LogP contribution in [0.1, 0.15) is 39.2 Å². The lowest BCUT2D eigenvalue weighted by molar-refractivity contribution is -0.117. The second-order valence-corrected chi connectivity index (χ2v) is 5.13. The molecule has 0 aliphatic rings. The fraction of sp³-hybridized carbons (Fsp3) is 0.471. The maximum Gasteiger partial charge on any atom is 0.244 e. The van der Waals surface area contributed by atoms with Gasteiger partial charge in [-0.3, -0.25) is 4.79 Å². The van der Waals surface area contributed by atoms with E-state index in [1.54, 1.807) is 6.08 Å². The Kier molecular flexibility index (Phi) is 7.54. The molecule has 0 aromatic heterocycles. The minimum Gasteiger partial charge on any atom is -0.490 e. The quantitative estimate of drug-likeness (QED) is 0.724. The number of ether oxygens (including phenoxy) is 1. The highest BCUT2D eigenvalue weighted by Gasteiger charge is 2.06. The van der Waals surface area contributed by atoms with E-state index in [1.807, 2.05) is 38.1 Å². The smallest absolute Gasteiger partial charge is 0.244 e. The predicted octanol–water partition coefficient (Wildman–Crippen LogP) is 2.76. The summed E-state index contributed by atoms with van der Waals surface area (Å²) in [5.41, 5.74) is 0.878. The van der Waals surface area contributed by atoms with Gasteiger partial charge in [-0.25, -0.2) is 0 Å². The van der Waals surface area contributed by atoms with Gasteiger partial charge in [-0.2, -0.15) is 0 Å². The molecule has 0 fully saturated rings. The highest BCUT2D eigenvalue weighted by molar-refractivity contribution is 5.92. The highest BCUT2D eigenvalue weighted by Crippen LogP contribution is 2.21. The Morgan fingerprint density at radius 3 is 2.76 bits per heavy atom. The van der Waals surface area contributed by atoms with Crippen LogP contribution in [0.25, 0.3) is 6.08 Å². The van der Waals surface area contributed by atoms with Crippen LogP contribution in [0.2, 0.25) is 0 Å². The molecule has 1 aromatic carbocycles. The van der Waals surface area contributed by atoms with Crippen LogP contribution in [0.5, 0.6) is 5.75 Å². The molecule has 0 radical (unpaired) electrons. The first-order chi connectivity index (χ1) is 10.1. The van der Waals surface area contributed by atoms with Crippen LogP contribution in [0, 0.1) is 0 Å². The van der Waals surface area contributed by atoms with Crippen molar-refractivity contribution in [3.8, 4) is 5.75 Å². The van der Waals surface area contributed by atoms with E-state index in [-0.39, 0.29) is 24.7 Å². The van der Waals surface area contributed by atoms with Crippen LogP contribution in [-0.2, 0) is 4.79 Å². The summed E-state index contributed by atoms with van der Waals surface area (Å²) >= 11 is 0. The minimum atomic E-state index is -0.172.